The van der Waals surface area contributed by atoms with Crippen LogP contribution in [-0.2, 0) is 6.54 Å². The van der Waals surface area contributed by atoms with Gasteiger partial charge in [0.05, 0.1) is 5.92 Å². The van der Waals surface area contributed by atoms with E-state index < -0.39 is 24.2 Å². The molecule has 0 aliphatic heterocycles. The summed E-state index contributed by atoms with van der Waals surface area (Å²) in [5.74, 6) is -1.70. The van der Waals surface area contributed by atoms with Crippen LogP contribution in [0.1, 0.15) is 31.2 Å². The Bertz CT molecular complexity index is 530. The van der Waals surface area contributed by atoms with Crippen LogP contribution >= 0.6 is 0 Å². The first-order valence-electron chi connectivity index (χ1n) is 7.58. The van der Waals surface area contributed by atoms with Gasteiger partial charge in [-0.25, -0.2) is 9.18 Å². The van der Waals surface area contributed by atoms with Crippen LogP contribution < -0.4 is 5.32 Å². The summed E-state index contributed by atoms with van der Waals surface area (Å²) in [5.41, 5.74) is 0.751. The largest absolute Gasteiger partial charge is 0.391 e. The van der Waals surface area contributed by atoms with Gasteiger partial charge in [-0.05, 0) is 37.0 Å². The summed E-state index contributed by atoms with van der Waals surface area (Å²) in [7, 11) is 1.56. The fourth-order valence-corrected chi connectivity index (χ4v) is 2.84. The number of benzene rings is 1. The van der Waals surface area contributed by atoms with Crippen LogP contribution in [-0.4, -0.2) is 30.2 Å². The number of rotatable bonds is 3. The highest BCUT2D eigenvalue weighted by Gasteiger charge is 2.42. The number of hydrogen-bond acceptors (Lipinski definition) is 1. The molecule has 3 nitrogen and oxygen atoms in total. The Hall–Kier alpha value is -1.79. The number of halogens is 4. The Morgan fingerprint density at radius 2 is 1.91 bits per heavy atom. The maximum atomic E-state index is 12.8. The van der Waals surface area contributed by atoms with Crippen LogP contribution in [0.15, 0.2) is 24.3 Å². The van der Waals surface area contributed by atoms with E-state index in [1.165, 1.54) is 17.0 Å². The number of amides is 2. The monoisotopic (exact) mass is 332 g/mol. The summed E-state index contributed by atoms with van der Waals surface area (Å²) in [6.07, 6.45) is -3.14. The average Bonchev–Trinajstić information content (AvgIpc) is 2.49. The van der Waals surface area contributed by atoms with E-state index in [4.69, 9.17) is 0 Å². The number of carbonyl (C=O) groups excluding carboxylic acids is 1. The first-order chi connectivity index (χ1) is 10.8. The molecule has 128 valence electrons. The van der Waals surface area contributed by atoms with Gasteiger partial charge in [-0.2, -0.15) is 13.2 Å². The molecule has 0 aromatic heterocycles. The zero-order chi connectivity index (χ0) is 17.0. The van der Waals surface area contributed by atoms with Crippen molar-refractivity contribution < 1.29 is 22.4 Å². The van der Waals surface area contributed by atoms with E-state index in [0.29, 0.717) is 12.8 Å². The Morgan fingerprint density at radius 3 is 2.52 bits per heavy atom. The van der Waals surface area contributed by atoms with Crippen molar-refractivity contribution in [2.24, 2.45) is 5.92 Å². The topological polar surface area (TPSA) is 32.3 Å². The van der Waals surface area contributed by atoms with Gasteiger partial charge in [0.2, 0.25) is 0 Å². The van der Waals surface area contributed by atoms with Crippen molar-refractivity contribution in [2.75, 3.05) is 7.05 Å². The second-order valence-corrected chi connectivity index (χ2v) is 6.03. The van der Waals surface area contributed by atoms with Gasteiger partial charge in [-0.3, -0.25) is 0 Å². The van der Waals surface area contributed by atoms with E-state index in [2.05, 4.69) is 5.32 Å². The van der Waals surface area contributed by atoms with E-state index in [9.17, 15) is 22.4 Å². The molecule has 2 rings (SSSR count). The second kappa shape index (κ2) is 7.19. The third-order valence-corrected chi connectivity index (χ3v) is 4.14. The standard InChI is InChI=1S/C16H20F4N2O/c1-22(10-11-5-7-13(17)8-6-11)15(23)21-14-4-2-3-12(9-14)16(18,19)20/h5-8,12,14H,2-4,9-10H2,1H3,(H,21,23). The summed E-state index contributed by atoms with van der Waals surface area (Å²) in [5, 5.41) is 2.67. The van der Waals surface area contributed by atoms with Gasteiger partial charge in [0.25, 0.3) is 0 Å². The molecule has 0 spiro atoms. The molecule has 1 aromatic rings. The van der Waals surface area contributed by atoms with Gasteiger partial charge in [0.1, 0.15) is 5.82 Å². The van der Waals surface area contributed by atoms with Gasteiger partial charge < -0.3 is 10.2 Å². The zero-order valence-corrected chi connectivity index (χ0v) is 12.9. The summed E-state index contributed by atoms with van der Waals surface area (Å²) in [6.45, 7) is 0.265. The Kier molecular flexibility index (Phi) is 5.49. The number of alkyl halides is 3. The average molecular weight is 332 g/mol. The maximum absolute atomic E-state index is 12.8. The molecule has 7 heteroatoms. The Balaban J connectivity index is 1.86. The molecule has 1 aliphatic rings. The number of urea groups is 1. The van der Waals surface area contributed by atoms with E-state index >= 15 is 0 Å². The normalized spacial score (nSPS) is 21.8. The van der Waals surface area contributed by atoms with E-state index in [1.807, 2.05) is 0 Å². The third kappa shape index (κ3) is 5.11. The molecule has 2 amide bonds. The summed E-state index contributed by atoms with van der Waals surface area (Å²) in [6, 6.07) is 4.87. The van der Waals surface area contributed by atoms with Gasteiger partial charge >= 0.3 is 12.2 Å². The first-order valence-corrected chi connectivity index (χ1v) is 7.58. The lowest BCUT2D eigenvalue weighted by Gasteiger charge is -2.32. The van der Waals surface area contributed by atoms with Crippen molar-refractivity contribution >= 4 is 6.03 Å². The summed E-state index contributed by atoms with van der Waals surface area (Å²) >= 11 is 0. The lowest BCUT2D eigenvalue weighted by molar-refractivity contribution is -0.183. The SMILES string of the molecule is CN(Cc1ccc(F)cc1)C(=O)NC1CCCC(C(F)(F)F)C1. The van der Waals surface area contributed by atoms with Crippen LogP contribution in [0.4, 0.5) is 22.4 Å². The van der Waals surface area contributed by atoms with Gasteiger partial charge in [0, 0.05) is 19.6 Å². The van der Waals surface area contributed by atoms with Gasteiger partial charge in [-0.15, -0.1) is 0 Å². The predicted molar refractivity (Wildman–Crippen MR) is 78.2 cm³/mol. The molecule has 1 aromatic carbocycles. The lowest BCUT2D eigenvalue weighted by Crippen LogP contribution is -2.46. The van der Waals surface area contributed by atoms with Crippen molar-refractivity contribution in [2.45, 2.75) is 44.4 Å². The zero-order valence-electron chi connectivity index (χ0n) is 12.9. The minimum Gasteiger partial charge on any atom is -0.335 e. The van der Waals surface area contributed by atoms with Crippen LogP contribution in [0.3, 0.4) is 0 Å². The van der Waals surface area contributed by atoms with E-state index in [0.717, 1.165) is 5.56 Å². The van der Waals surface area contributed by atoms with Crippen molar-refractivity contribution in [3.05, 3.63) is 35.6 Å². The summed E-state index contributed by atoms with van der Waals surface area (Å²) < 4.78 is 51.2. The quantitative estimate of drug-likeness (QED) is 0.831. The minimum absolute atomic E-state index is 0.0698. The minimum atomic E-state index is -4.20. The van der Waals surface area contributed by atoms with Crippen LogP contribution in [0.25, 0.3) is 0 Å². The Labute approximate surface area is 132 Å². The molecule has 1 saturated carbocycles. The molecular formula is C16H20F4N2O. The molecule has 0 saturated heterocycles. The van der Waals surface area contributed by atoms with Crippen LogP contribution in [0, 0.1) is 11.7 Å². The van der Waals surface area contributed by atoms with Crippen LogP contribution in [0.5, 0.6) is 0 Å². The molecule has 23 heavy (non-hydrogen) atoms. The summed E-state index contributed by atoms with van der Waals surface area (Å²) in [4.78, 5) is 13.5. The molecule has 0 heterocycles. The maximum Gasteiger partial charge on any atom is 0.391 e. The number of hydrogen-bond donors (Lipinski definition) is 1. The number of nitrogens with one attached hydrogen (secondary N) is 1. The number of nitrogens with zero attached hydrogens (tertiary/aromatic N) is 1. The van der Waals surface area contributed by atoms with E-state index in [1.54, 1.807) is 19.2 Å². The van der Waals surface area contributed by atoms with Crippen molar-refractivity contribution in [3.8, 4) is 0 Å². The molecule has 0 radical (unpaired) electrons. The predicted octanol–water partition coefficient (Wildman–Crippen LogP) is 4.09. The highest BCUT2D eigenvalue weighted by Crippen LogP contribution is 2.37. The van der Waals surface area contributed by atoms with Crippen molar-refractivity contribution in [1.29, 1.82) is 0 Å². The molecular weight excluding hydrogens is 312 g/mol. The van der Waals surface area contributed by atoms with Crippen LogP contribution in [0.2, 0.25) is 0 Å². The molecule has 1 fully saturated rings. The highest BCUT2D eigenvalue weighted by molar-refractivity contribution is 5.74. The fourth-order valence-electron chi connectivity index (χ4n) is 2.84. The smallest absolute Gasteiger partial charge is 0.335 e. The lowest BCUT2D eigenvalue weighted by atomic mass is 9.85. The van der Waals surface area contributed by atoms with Crippen molar-refractivity contribution in [3.63, 3.8) is 0 Å². The fraction of sp³-hybridized carbons (Fsp3) is 0.562. The Morgan fingerprint density at radius 1 is 1.26 bits per heavy atom. The molecule has 1 N–H and O–H groups in total. The third-order valence-electron chi connectivity index (χ3n) is 4.14. The van der Waals surface area contributed by atoms with Gasteiger partial charge in [0.15, 0.2) is 0 Å². The van der Waals surface area contributed by atoms with Crippen molar-refractivity contribution in [1.82, 2.24) is 10.2 Å². The van der Waals surface area contributed by atoms with E-state index in [-0.39, 0.29) is 25.2 Å². The second-order valence-electron chi connectivity index (χ2n) is 6.03. The molecule has 2 atom stereocenters. The number of carbonyl (C=O) groups is 1. The molecule has 2 unspecified atom stereocenters. The first kappa shape index (κ1) is 17.6. The highest BCUT2D eigenvalue weighted by atomic mass is 19.4. The molecule has 1 aliphatic carbocycles. The molecule has 0 bridgehead atoms. The van der Waals surface area contributed by atoms with Gasteiger partial charge in [-0.1, -0.05) is 18.6 Å².